The average molecular weight is 246 g/mol. The highest BCUT2D eigenvalue weighted by atomic mass is 16.1. The van der Waals surface area contributed by atoms with Gasteiger partial charge in [-0.05, 0) is 37.0 Å². The molecule has 0 aliphatic heterocycles. The quantitative estimate of drug-likeness (QED) is 0.603. The minimum Gasteiger partial charge on any atom is -0.299 e. The number of Topliss-reactive ketones (excluding diaryl/α,β-unsaturated/α-hetero) is 1. The van der Waals surface area contributed by atoms with Gasteiger partial charge >= 0.3 is 0 Å². The molecule has 1 aromatic carbocycles. The Kier molecular flexibility index (Phi) is 6.70. The molecule has 0 atom stereocenters. The number of carbonyl (C=O) groups is 1. The lowest BCUT2D eigenvalue weighted by Crippen LogP contribution is -2.03. The van der Waals surface area contributed by atoms with E-state index in [9.17, 15) is 4.79 Å². The minimum atomic E-state index is 0.384. The zero-order chi connectivity index (χ0) is 13.4. The summed E-state index contributed by atoms with van der Waals surface area (Å²) >= 11 is 0. The summed E-state index contributed by atoms with van der Waals surface area (Å²) in [7, 11) is 0. The van der Waals surface area contributed by atoms with E-state index in [2.05, 4.69) is 39.0 Å². The van der Waals surface area contributed by atoms with Crippen LogP contribution in [0.3, 0.4) is 0 Å². The van der Waals surface area contributed by atoms with Gasteiger partial charge in [-0.3, -0.25) is 4.79 Å². The molecule has 1 aromatic rings. The van der Waals surface area contributed by atoms with Gasteiger partial charge in [-0.1, -0.05) is 50.8 Å². The van der Waals surface area contributed by atoms with E-state index in [-0.39, 0.29) is 0 Å². The second-order valence-corrected chi connectivity index (χ2v) is 5.30. The first kappa shape index (κ1) is 14.9. The largest absolute Gasteiger partial charge is 0.299 e. The number of hydrogen-bond donors (Lipinski definition) is 0. The molecule has 0 heterocycles. The van der Waals surface area contributed by atoms with E-state index in [1.807, 2.05) is 0 Å². The third-order valence-corrected chi connectivity index (χ3v) is 3.53. The van der Waals surface area contributed by atoms with Crippen LogP contribution in [0.1, 0.15) is 62.1 Å². The normalized spacial score (nSPS) is 10.6. The molecule has 0 fully saturated rings. The zero-order valence-electron chi connectivity index (χ0n) is 12.1. The van der Waals surface area contributed by atoms with Crippen molar-refractivity contribution in [2.75, 3.05) is 0 Å². The Morgan fingerprint density at radius 2 is 1.72 bits per heavy atom. The Hall–Kier alpha value is -1.11. The predicted octanol–water partition coefficient (Wildman–Crippen LogP) is 4.78. The van der Waals surface area contributed by atoms with Crippen LogP contribution in [0, 0.1) is 13.8 Å². The number of benzene rings is 1. The van der Waals surface area contributed by atoms with Crippen LogP contribution >= 0.6 is 0 Å². The molecule has 0 radical (unpaired) electrons. The molecule has 1 rings (SSSR count). The molecule has 0 unspecified atom stereocenters. The summed E-state index contributed by atoms with van der Waals surface area (Å²) in [6.45, 7) is 6.42. The number of rotatable bonds is 8. The highest BCUT2D eigenvalue weighted by molar-refractivity contribution is 5.80. The molecule has 1 heteroatoms. The van der Waals surface area contributed by atoms with Crippen LogP contribution < -0.4 is 0 Å². The Bertz CT molecular complexity index is 379. The van der Waals surface area contributed by atoms with Gasteiger partial charge < -0.3 is 0 Å². The summed E-state index contributed by atoms with van der Waals surface area (Å²) < 4.78 is 0. The van der Waals surface area contributed by atoms with E-state index in [1.165, 1.54) is 36.8 Å². The van der Waals surface area contributed by atoms with E-state index in [1.54, 1.807) is 0 Å². The van der Waals surface area contributed by atoms with Crippen LogP contribution in [0.4, 0.5) is 0 Å². The maximum atomic E-state index is 11.8. The fourth-order valence-electron chi connectivity index (χ4n) is 2.16. The summed E-state index contributed by atoms with van der Waals surface area (Å²) in [6, 6.07) is 6.33. The van der Waals surface area contributed by atoms with Crippen molar-refractivity contribution in [3.05, 3.63) is 34.9 Å². The van der Waals surface area contributed by atoms with Crippen molar-refractivity contribution in [3.63, 3.8) is 0 Å². The first-order chi connectivity index (χ1) is 8.63. The van der Waals surface area contributed by atoms with E-state index in [0.29, 0.717) is 12.2 Å². The van der Waals surface area contributed by atoms with Crippen molar-refractivity contribution in [3.8, 4) is 0 Å². The lowest BCUT2D eigenvalue weighted by Gasteiger charge is -2.05. The van der Waals surface area contributed by atoms with E-state index >= 15 is 0 Å². The molecule has 0 N–H and O–H groups in total. The highest BCUT2D eigenvalue weighted by Gasteiger charge is 2.04. The zero-order valence-corrected chi connectivity index (χ0v) is 12.1. The third-order valence-electron chi connectivity index (χ3n) is 3.53. The summed E-state index contributed by atoms with van der Waals surface area (Å²) in [5.74, 6) is 0.384. The van der Waals surface area contributed by atoms with Crippen molar-refractivity contribution < 1.29 is 4.79 Å². The smallest absolute Gasteiger partial charge is 0.137 e. The first-order valence-electron chi connectivity index (χ1n) is 7.21. The van der Waals surface area contributed by atoms with Gasteiger partial charge in [0.15, 0.2) is 0 Å². The molecule has 0 bridgehead atoms. The number of aryl methyl sites for hydroxylation is 2. The maximum Gasteiger partial charge on any atom is 0.137 e. The summed E-state index contributed by atoms with van der Waals surface area (Å²) in [4.78, 5) is 11.8. The number of ketones is 1. The van der Waals surface area contributed by atoms with Crippen LogP contribution in [-0.4, -0.2) is 5.78 Å². The van der Waals surface area contributed by atoms with Crippen LogP contribution in [-0.2, 0) is 11.2 Å². The second-order valence-electron chi connectivity index (χ2n) is 5.30. The van der Waals surface area contributed by atoms with Gasteiger partial charge in [0.2, 0.25) is 0 Å². The van der Waals surface area contributed by atoms with Crippen molar-refractivity contribution in [2.45, 2.75) is 65.7 Å². The Labute approximate surface area is 112 Å². The van der Waals surface area contributed by atoms with E-state index in [0.717, 1.165) is 18.4 Å². The molecule has 0 spiro atoms. The highest BCUT2D eigenvalue weighted by Crippen LogP contribution is 2.12. The molecular weight excluding hydrogens is 220 g/mol. The van der Waals surface area contributed by atoms with Gasteiger partial charge in [-0.15, -0.1) is 0 Å². The van der Waals surface area contributed by atoms with Crippen LogP contribution in [0.5, 0.6) is 0 Å². The Morgan fingerprint density at radius 3 is 2.39 bits per heavy atom. The number of hydrogen-bond acceptors (Lipinski definition) is 1. The number of carbonyl (C=O) groups excluding carboxylic acids is 1. The second kappa shape index (κ2) is 8.07. The average Bonchev–Trinajstić information content (AvgIpc) is 2.34. The van der Waals surface area contributed by atoms with Gasteiger partial charge in [0.25, 0.3) is 0 Å². The first-order valence-corrected chi connectivity index (χ1v) is 7.21. The summed E-state index contributed by atoms with van der Waals surface area (Å²) in [5.41, 5.74) is 3.74. The SMILES string of the molecule is CCCCCCCC(=O)Cc1ccc(C)c(C)c1. The third kappa shape index (κ3) is 5.48. The van der Waals surface area contributed by atoms with Gasteiger partial charge in [0, 0.05) is 12.8 Å². The Balaban J connectivity index is 2.29. The maximum absolute atomic E-state index is 11.8. The van der Waals surface area contributed by atoms with Crippen molar-refractivity contribution in [1.29, 1.82) is 0 Å². The standard InChI is InChI=1S/C17H26O/c1-4-5-6-7-8-9-17(18)13-16-11-10-14(2)15(3)12-16/h10-12H,4-9,13H2,1-3H3. The molecule has 0 aromatic heterocycles. The van der Waals surface area contributed by atoms with E-state index in [4.69, 9.17) is 0 Å². The van der Waals surface area contributed by atoms with Crippen LogP contribution in [0.25, 0.3) is 0 Å². The molecule has 100 valence electrons. The van der Waals surface area contributed by atoms with Crippen molar-refractivity contribution in [1.82, 2.24) is 0 Å². The molecule has 0 aliphatic carbocycles. The molecule has 1 nitrogen and oxygen atoms in total. The summed E-state index contributed by atoms with van der Waals surface area (Å²) in [6.07, 6.45) is 7.44. The molecule has 0 amide bonds. The minimum absolute atomic E-state index is 0.384. The van der Waals surface area contributed by atoms with Crippen molar-refractivity contribution in [2.24, 2.45) is 0 Å². The molecule has 0 saturated heterocycles. The van der Waals surface area contributed by atoms with Crippen LogP contribution in [0.15, 0.2) is 18.2 Å². The van der Waals surface area contributed by atoms with Gasteiger partial charge in [0.1, 0.15) is 5.78 Å². The van der Waals surface area contributed by atoms with Gasteiger partial charge in [-0.2, -0.15) is 0 Å². The lowest BCUT2D eigenvalue weighted by molar-refractivity contribution is -0.118. The fraction of sp³-hybridized carbons (Fsp3) is 0.588. The van der Waals surface area contributed by atoms with Crippen LogP contribution in [0.2, 0.25) is 0 Å². The van der Waals surface area contributed by atoms with Crippen molar-refractivity contribution >= 4 is 5.78 Å². The monoisotopic (exact) mass is 246 g/mol. The lowest BCUT2D eigenvalue weighted by atomic mass is 10.00. The molecule has 0 aliphatic rings. The summed E-state index contributed by atoms with van der Waals surface area (Å²) in [5, 5.41) is 0. The van der Waals surface area contributed by atoms with Gasteiger partial charge in [0.05, 0.1) is 0 Å². The molecule has 0 saturated carbocycles. The molecular formula is C17H26O. The number of unbranched alkanes of at least 4 members (excludes halogenated alkanes) is 4. The van der Waals surface area contributed by atoms with E-state index < -0.39 is 0 Å². The Morgan fingerprint density at radius 1 is 1.00 bits per heavy atom. The van der Waals surface area contributed by atoms with Gasteiger partial charge in [-0.25, -0.2) is 0 Å². The predicted molar refractivity (Wildman–Crippen MR) is 78.0 cm³/mol. The molecule has 18 heavy (non-hydrogen) atoms. The topological polar surface area (TPSA) is 17.1 Å². The fourth-order valence-corrected chi connectivity index (χ4v) is 2.16.